The molecule has 5 nitrogen and oxygen atoms in total. The molecule has 0 saturated carbocycles. The van der Waals surface area contributed by atoms with Gasteiger partial charge < -0.3 is 20.2 Å². The fourth-order valence-electron chi connectivity index (χ4n) is 2.09. The third-order valence-corrected chi connectivity index (χ3v) is 3.41. The van der Waals surface area contributed by atoms with Crippen LogP contribution in [0.15, 0.2) is 46.9 Å². The summed E-state index contributed by atoms with van der Waals surface area (Å²) in [5.74, 6) is 1.16. The van der Waals surface area contributed by atoms with Crippen molar-refractivity contribution in [3.8, 4) is 0 Å². The zero-order chi connectivity index (χ0) is 16.0. The van der Waals surface area contributed by atoms with Crippen LogP contribution in [-0.4, -0.2) is 24.2 Å². The minimum atomic E-state index is -1.23. The summed E-state index contributed by atoms with van der Waals surface area (Å²) >= 11 is 0. The van der Waals surface area contributed by atoms with Crippen LogP contribution < -0.4 is 10.6 Å². The number of benzene rings is 1. The molecule has 0 radical (unpaired) electrons. The van der Waals surface area contributed by atoms with E-state index in [1.54, 1.807) is 19.1 Å². The van der Waals surface area contributed by atoms with E-state index < -0.39 is 5.60 Å². The van der Waals surface area contributed by atoms with Crippen molar-refractivity contribution in [3.63, 3.8) is 0 Å². The molecule has 0 saturated heterocycles. The smallest absolute Gasteiger partial charge is 0.314 e. The van der Waals surface area contributed by atoms with Crippen LogP contribution >= 0.6 is 0 Å². The summed E-state index contributed by atoms with van der Waals surface area (Å²) in [4.78, 5) is 11.8. The van der Waals surface area contributed by atoms with Crippen molar-refractivity contribution in [1.82, 2.24) is 10.6 Å². The molecule has 0 fully saturated rings. The van der Waals surface area contributed by atoms with Crippen LogP contribution in [-0.2, 0) is 12.0 Å². The Kier molecular flexibility index (Phi) is 5.22. The Hall–Kier alpha value is -2.27. The number of aryl methyl sites for hydroxylation is 1. The number of rotatable bonds is 6. The topological polar surface area (TPSA) is 74.5 Å². The summed E-state index contributed by atoms with van der Waals surface area (Å²) in [5, 5.41) is 15.7. The molecule has 5 heteroatoms. The lowest BCUT2D eigenvalue weighted by Crippen LogP contribution is -2.43. The number of hydrogen-bond acceptors (Lipinski definition) is 3. The first kappa shape index (κ1) is 16.1. The van der Waals surface area contributed by atoms with Gasteiger partial charge in [-0.1, -0.05) is 30.3 Å². The van der Waals surface area contributed by atoms with Gasteiger partial charge >= 0.3 is 6.03 Å². The second-order valence-electron chi connectivity index (χ2n) is 5.53. The number of carbonyl (C=O) groups is 1. The zero-order valence-electron chi connectivity index (χ0n) is 12.9. The highest BCUT2D eigenvalue weighted by Gasteiger charge is 2.27. The van der Waals surface area contributed by atoms with E-state index in [0.29, 0.717) is 12.3 Å². The van der Waals surface area contributed by atoms with E-state index in [1.165, 1.54) is 5.56 Å². The molecule has 0 spiro atoms. The van der Waals surface area contributed by atoms with Gasteiger partial charge in [0, 0.05) is 6.54 Å². The maximum absolute atomic E-state index is 11.8. The Morgan fingerprint density at radius 3 is 2.55 bits per heavy atom. The molecule has 1 aromatic carbocycles. The molecule has 2 amide bonds. The van der Waals surface area contributed by atoms with Crippen LogP contribution in [0, 0.1) is 6.92 Å². The molecule has 1 aromatic heterocycles. The van der Waals surface area contributed by atoms with Crippen molar-refractivity contribution in [2.45, 2.75) is 25.9 Å². The van der Waals surface area contributed by atoms with Gasteiger partial charge in [0.15, 0.2) is 0 Å². The Morgan fingerprint density at radius 1 is 1.18 bits per heavy atom. The number of hydrogen-bond donors (Lipinski definition) is 3. The minimum absolute atomic E-state index is 0.0805. The van der Waals surface area contributed by atoms with Crippen LogP contribution in [0.2, 0.25) is 0 Å². The summed E-state index contributed by atoms with van der Waals surface area (Å²) in [7, 11) is 0. The van der Waals surface area contributed by atoms with Gasteiger partial charge in [0.2, 0.25) is 0 Å². The van der Waals surface area contributed by atoms with Crippen molar-refractivity contribution in [2.24, 2.45) is 0 Å². The highest BCUT2D eigenvalue weighted by atomic mass is 16.4. The van der Waals surface area contributed by atoms with Gasteiger partial charge in [-0.3, -0.25) is 0 Å². The standard InChI is InChI=1S/C17H22N2O3/c1-13-8-9-15(22-13)17(2,21)12-19-16(20)18-11-10-14-6-4-3-5-7-14/h3-9,21H,10-12H2,1-2H3,(H2,18,19,20). The first-order valence-electron chi connectivity index (χ1n) is 7.32. The maximum atomic E-state index is 11.8. The van der Waals surface area contributed by atoms with E-state index in [1.807, 2.05) is 37.3 Å². The molecule has 3 N–H and O–H groups in total. The second kappa shape index (κ2) is 7.13. The van der Waals surface area contributed by atoms with Crippen molar-refractivity contribution >= 4 is 6.03 Å². The summed E-state index contributed by atoms with van der Waals surface area (Å²) < 4.78 is 5.40. The normalized spacial score (nSPS) is 13.4. The molecule has 1 unspecified atom stereocenters. The predicted octanol–water partition coefficient (Wildman–Crippen LogP) is 2.34. The van der Waals surface area contributed by atoms with Crippen LogP contribution in [0.4, 0.5) is 4.79 Å². The van der Waals surface area contributed by atoms with Gasteiger partial charge in [0.1, 0.15) is 17.1 Å². The van der Waals surface area contributed by atoms with Crippen LogP contribution in [0.3, 0.4) is 0 Å². The van der Waals surface area contributed by atoms with Crippen molar-refractivity contribution in [1.29, 1.82) is 0 Å². The first-order valence-corrected chi connectivity index (χ1v) is 7.32. The summed E-state index contributed by atoms with van der Waals surface area (Å²) in [6.45, 7) is 4.04. The van der Waals surface area contributed by atoms with Gasteiger partial charge in [0.25, 0.3) is 0 Å². The average molecular weight is 302 g/mol. The van der Waals surface area contributed by atoms with E-state index >= 15 is 0 Å². The van der Waals surface area contributed by atoms with E-state index in [-0.39, 0.29) is 12.6 Å². The molecular weight excluding hydrogens is 280 g/mol. The van der Waals surface area contributed by atoms with Gasteiger partial charge in [-0.25, -0.2) is 4.79 Å². The van der Waals surface area contributed by atoms with E-state index in [2.05, 4.69) is 10.6 Å². The van der Waals surface area contributed by atoms with Crippen molar-refractivity contribution < 1.29 is 14.3 Å². The van der Waals surface area contributed by atoms with Crippen LogP contribution in [0.5, 0.6) is 0 Å². The highest BCUT2D eigenvalue weighted by Crippen LogP contribution is 2.21. The fourth-order valence-corrected chi connectivity index (χ4v) is 2.09. The van der Waals surface area contributed by atoms with E-state index in [9.17, 15) is 9.90 Å². The van der Waals surface area contributed by atoms with Crippen molar-refractivity contribution in [3.05, 3.63) is 59.5 Å². The van der Waals surface area contributed by atoms with Gasteiger partial charge in [-0.2, -0.15) is 0 Å². The molecule has 22 heavy (non-hydrogen) atoms. The molecule has 0 aliphatic carbocycles. The second-order valence-corrected chi connectivity index (χ2v) is 5.53. The molecule has 2 rings (SSSR count). The summed E-state index contributed by atoms with van der Waals surface area (Å²) in [6, 6.07) is 13.1. The summed E-state index contributed by atoms with van der Waals surface area (Å²) in [6.07, 6.45) is 0.766. The SMILES string of the molecule is Cc1ccc(C(C)(O)CNC(=O)NCCc2ccccc2)o1. The molecule has 1 atom stereocenters. The van der Waals surface area contributed by atoms with Gasteiger partial charge in [-0.15, -0.1) is 0 Å². The van der Waals surface area contributed by atoms with Crippen LogP contribution in [0.1, 0.15) is 24.0 Å². The monoisotopic (exact) mass is 302 g/mol. The fraction of sp³-hybridized carbons (Fsp3) is 0.353. The molecule has 0 aliphatic heterocycles. The molecule has 1 heterocycles. The lowest BCUT2D eigenvalue weighted by Gasteiger charge is -2.21. The van der Waals surface area contributed by atoms with Gasteiger partial charge in [0.05, 0.1) is 6.54 Å². The van der Waals surface area contributed by atoms with Crippen molar-refractivity contribution in [2.75, 3.05) is 13.1 Å². The Balaban J connectivity index is 1.73. The average Bonchev–Trinajstić information content (AvgIpc) is 2.94. The highest BCUT2D eigenvalue weighted by molar-refractivity contribution is 5.73. The molecular formula is C17H22N2O3. The number of amides is 2. The molecule has 0 bridgehead atoms. The molecule has 2 aromatic rings. The first-order chi connectivity index (χ1) is 10.5. The molecule has 0 aliphatic rings. The largest absolute Gasteiger partial charge is 0.463 e. The predicted molar refractivity (Wildman–Crippen MR) is 84.6 cm³/mol. The van der Waals surface area contributed by atoms with E-state index in [4.69, 9.17) is 4.42 Å². The number of urea groups is 1. The number of carbonyl (C=O) groups excluding carboxylic acids is 1. The number of aliphatic hydroxyl groups is 1. The van der Waals surface area contributed by atoms with Gasteiger partial charge in [-0.05, 0) is 38.0 Å². The maximum Gasteiger partial charge on any atom is 0.314 e. The van der Waals surface area contributed by atoms with E-state index in [0.717, 1.165) is 12.2 Å². The Labute approximate surface area is 130 Å². The van der Waals surface area contributed by atoms with Crippen LogP contribution in [0.25, 0.3) is 0 Å². The third kappa shape index (κ3) is 4.63. The molecule has 118 valence electrons. The Bertz CT molecular complexity index is 605. The quantitative estimate of drug-likeness (QED) is 0.766. The Morgan fingerprint density at radius 2 is 1.91 bits per heavy atom. The lowest BCUT2D eigenvalue weighted by molar-refractivity contribution is 0.0360. The number of nitrogens with one attached hydrogen (secondary N) is 2. The third-order valence-electron chi connectivity index (χ3n) is 3.41. The summed E-state index contributed by atoms with van der Waals surface area (Å²) in [5.41, 5.74) is -0.0637. The zero-order valence-corrected chi connectivity index (χ0v) is 12.9. The number of furan rings is 1. The lowest BCUT2D eigenvalue weighted by atomic mass is 10.0. The minimum Gasteiger partial charge on any atom is -0.463 e.